The van der Waals surface area contributed by atoms with Crippen LogP contribution < -0.4 is 9.47 Å². The molecule has 136 valence electrons. The van der Waals surface area contributed by atoms with Crippen molar-refractivity contribution in [3.05, 3.63) is 23.8 Å². The first-order chi connectivity index (χ1) is 11.7. The largest absolute Gasteiger partial charge is 0.491 e. The van der Waals surface area contributed by atoms with Crippen LogP contribution in [-0.4, -0.2) is 25.9 Å². The molecule has 1 aromatic carbocycles. The van der Waals surface area contributed by atoms with Crippen molar-refractivity contribution >= 4 is 0 Å². The normalized spacial score (nSPS) is 20.8. The predicted octanol–water partition coefficient (Wildman–Crippen LogP) is 5.12. The van der Waals surface area contributed by atoms with Crippen molar-refractivity contribution in [2.45, 2.75) is 58.5 Å². The average Bonchev–Trinajstić information content (AvgIpc) is 2.60. The number of hydrogen-bond donors (Lipinski definition) is 0. The first-order valence-corrected chi connectivity index (χ1v) is 9.00. The van der Waals surface area contributed by atoms with Gasteiger partial charge >= 0.3 is 0 Å². The summed E-state index contributed by atoms with van der Waals surface area (Å²) in [7, 11) is 0. The Morgan fingerprint density at radius 2 is 1.75 bits per heavy atom. The lowest BCUT2D eigenvalue weighted by Gasteiger charge is -2.29. The van der Waals surface area contributed by atoms with Crippen LogP contribution in [0.15, 0.2) is 12.1 Å². The molecule has 5 heteroatoms. The number of unbranched alkanes of at least 4 members (excludes halogenated alkanes) is 2. The fourth-order valence-electron chi connectivity index (χ4n) is 2.94. The summed E-state index contributed by atoms with van der Waals surface area (Å²) < 4.78 is 44.1. The van der Waals surface area contributed by atoms with E-state index in [-0.39, 0.29) is 24.0 Å². The summed E-state index contributed by atoms with van der Waals surface area (Å²) in [5.74, 6) is -1.92. The lowest BCUT2D eigenvalue weighted by Crippen LogP contribution is -2.29. The van der Waals surface area contributed by atoms with Crippen LogP contribution in [0.4, 0.5) is 8.78 Å². The average molecular weight is 342 g/mol. The van der Waals surface area contributed by atoms with Gasteiger partial charge in [0.1, 0.15) is 0 Å². The smallest absolute Gasteiger partial charge is 0.204 e. The number of ether oxygens (including phenoxy) is 3. The molecule has 0 aliphatic carbocycles. The molecule has 0 amide bonds. The molecular weight excluding hydrogens is 314 g/mol. The standard InChI is InChI=1S/C19H28F2O3/c1-3-5-6-7-15-9-8-14(12-23-15)13-24-17-11-10-16(22-4-2)18(20)19(17)21/h10-11,14-15H,3-9,12-13H2,1-2H3/t14-,15-/m0/s1. The minimum atomic E-state index is -0.995. The molecule has 24 heavy (non-hydrogen) atoms. The van der Waals surface area contributed by atoms with Crippen LogP contribution in [0.2, 0.25) is 0 Å². The topological polar surface area (TPSA) is 27.7 Å². The van der Waals surface area contributed by atoms with E-state index in [0.29, 0.717) is 19.3 Å². The monoisotopic (exact) mass is 342 g/mol. The molecular formula is C19H28F2O3. The molecule has 0 aromatic heterocycles. The second-order valence-electron chi connectivity index (χ2n) is 6.33. The Morgan fingerprint density at radius 3 is 2.33 bits per heavy atom. The SMILES string of the molecule is CCCCC[C@H]1CC[C@H](COc2ccc(OCC)c(F)c2F)CO1. The second kappa shape index (κ2) is 9.82. The maximum Gasteiger partial charge on any atom is 0.204 e. The highest BCUT2D eigenvalue weighted by Gasteiger charge is 2.23. The van der Waals surface area contributed by atoms with Crippen LogP contribution in [-0.2, 0) is 4.74 Å². The fourth-order valence-corrected chi connectivity index (χ4v) is 2.94. The van der Waals surface area contributed by atoms with E-state index in [1.54, 1.807) is 6.92 Å². The summed E-state index contributed by atoms with van der Waals surface area (Å²) >= 11 is 0. The third kappa shape index (κ3) is 5.33. The maximum absolute atomic E-state index is 14.0. The number of benzene rings is 1. The highest BCUT2D eigenvalue weighted by molar-refractivity contribution is 5.35. The predicted molar refractivity (Wildman–Crippen MR) is 89.6 cm³/mol. The van der Waals surface area contributed by atoms with E-state index < -0.39 is 11.6 Å². The minimum absolute atomic E-state index is 0.0685. The molecule has 2 rings (SSSR count). The second-order valence-corrected chi connectivity index (χ2v) is 6.33. The van der Waals surface area contributed by atoms with Gasteiger partial charge in [-0.15, -0.1) is 0 Å². The van der Waals surface area contributed by atoms with E-state index in [1.807, 2.05) is 0 Å². The minimum Gasteiger partial charge on any atom is -0.491 e. The van der Waals surface area contributed by atoms with Gasteiger partial charge in [-0.3, -0.25) is 0 Å². The summed E-state index contributed by atoms with van der Waals surface area (Å²) in [6.07, 6.45) is 7.13. The summed E-state index contributed by atoms with van der Waals surface area (Å²) in [6.45, 7) is 5.16. The Labute approximate surface area is 143 Å². The van der Waals surface area contributed by atoms with Gasteiger partial charge in [-0.05, 0) is 38.3 Å². The zero-order valence-corrected chi connectivity index (χ0v) is 14.7. The molecule has 1 aliphatic rings. The first-order valence-electron chi connectivity index (χ1n) is 9.00. The lowest BCUT2D eigenvalue weighted by atomic mass is 9.96. The molecule has 1 aromatic rings. The Morgan fingerprint density at radius 1 is 1.04 bits per heavy atom. The van der Waals surface area contributed by atoms with E-state index in [4.69, 9.17) is 14.2 Å². The molecule has 0 spiro atoms. The van der Waals surface area contributed by atoms with Gasteiger partial charge < -0.3 is 14.2 Å². The molecule has 1 heterocycles. The molecule has 1 fully saturated rings. The van der Waals surface area contributed by atoms with Crippen LogP contribution in [0.5, 0.6) is 11.5 Å². The Bertz CT molecular complexity index is 500. The van der Waals surface area contributed by atoms with Crippen molar-refractivity contribution in [2.75, 3.05) is 19.8 Å². The molecule has 0 saturated carbocycles. The van der Waals surface area contributed by atoms with Crippen molar-refractivity contribution < 1.29 is 23.0 Å². The maximum atomic E-state index is 14.0. The van der Waals surface area contributed by atoms with Crippen LogP contribution in [0.1, 0.15) is 52.4 Å². The first kappa shape index (κ1) is 19.0. The van der Waals surface area contributed by atoms with Crippen LogP contribution in [0.25, 0.3) is 0 Å². The lowest BCUT2D eigenvalue weighted by molar-refractivity contribution is -0.0317. The van der Waals surface area contributed by atoms with Gasteiger partial charge in [0.25, 0.3) is 0 Å². The Hall–Kier alpha value is -1.36. The van der Waals surface area contributed by atoms with Crippen LogP contribution >= 0.6 is 0 Å². The Balaban J connectivity index is 1.77. The van der Waals surface area contributed by atoms with E-state index in [2.05, 4.69) is 6.92 Å². The van der Waals surface area contributed by atoms with E-state index in [1.165, 1.54) is 31.4 Å². The Kier molecular flexibility index (Phi) is 7.76. The molecule has 1 saturated heterocycles. The highest BCUT2D eigenvalue weighted by Crippen LogP contribution is 2.29. The van der Waals surface area contributed by atoms with Gasteiger partial charge in [-0.2, -0.15) is 8.78 Å². The van der Waals surface area contributed by atoms with Gasteiger partial charge in [0.2, 0.25) is 11.6 Å². The highest BCUT2D eigenvalue weighted by atomic mass is 19.2. The zero-order valence-electron chi connectivity index (χ0n) is 14.7. The molecule has 0 unspecified atom stereocenters. The summed E-state index contributed by atoms with van der Waals surface area (Å²) in [4.78, 5) is 0. The summed E-state index contributed by atoms with van der Waals surface area (Å²) in [5.41, 5.74) is 0. The van der Waals surface area contributed by atoms with Gasteiger partial charge in [0.15, 0.2) is 11.5 Å². The third-order valence-electron chi connectivity index (χ3n) is 4.38. The molecule has 0 radical (unpaired) electrons. The van der Waals surface area contributed by atoms with E-state index in [9.17, 15) is 8.78 Å². The number of hydrogen-bond acceptors (Lipinski definition) is 3. The molecule has 0 bridgehead atoms. The number of rotatable bonds is 9. The fraction of sp³-hybridized carbons (Fsp3) is 0.684. The van der Waals surface area contributed by atoms with Gasteiger partial charge in [0.05, 0.1) is 25.9 Å². The molecule has 0 N–H and O–H groups in total. The van der Waals surface area contributed by atoms with Crippen molar-refractivity contribution in [3.8, 4) is 11.5 Å². The molecule has 2 atom stereocenters. The van der Waals surface area contributed by atoms with Crippen LogP contribution in [0, 0.1) is 17.6 Å². The zero-order chi connectivity index (χ0) is 17.4. The summed E-state index contributed by atoms with van der Waals surface area (Å²) in [5, 5.41) is 0. The third-order valence-corrected chi connectivity index (χ3v) is 4.38. The van der Waals surface area contributed by atoms with Crippen molar-refractivity contribution in [1.82, 2.24) is 0 Å². The van der Waals surface area contributed by atoms with Crippen molar-refractivity contribution in [3.63, 3.8) is 0 Å². The van der Waals surface area contributed by atoms with E-state index >= 15 is 0 Å². The molecule has 3 nitrogen and oxygen atoms in total. The van der Waals surface area contributed by atoms with Gasteiger partial charge in [-0.25, -0.2) is 0 Å². The number of halogens is 2. The van der Waals surface area contributed by atoms with Gasteiger partial charge in [0, 0.05) is 5.92 Å². The van der Waals surface area contributed by atoms with Crippen molar-refractivity contribution in [1.29, 1.82) is 0 Å². The van der Waals surface area contributed by atoms with Gasteiger partial charge in [-0.1, -0.05) is 26.2 Å². The molecule has 1 aliphatic heterocycles. The van der Waals surface area contributed by atoms with Crippen LogP contribution in [0.3, 0.4) is 0 Å². The quantitative estimate of drug-likeness (QED) is 0.583. The van der Waals surface area contributed by atoms with E-state index in [0.717, 1.165) is 19.3 Å². The summed E-state index contributed by atoms with van der Waals surface area (Å²) in [6, 6.07) is 2.82. The van der Waals surface area contributed by atoms with Crippen molar-refractivity contribution in [2.24, 2.45) is 5.92 Å².